The summed E-state index contributed by atoms with van der Waals surface area (Å²) in [5.41, 5.74) is 0.792. The summed E-state index contributed by atoms with van der Waals surface area (Å²) in [5.74, 6) is 1.57. The van der Waals surface area contributed by atoms with E-state index >= 15 is 0 Å². The van der Waals surface area contributed by atoms with Gasteiger partial charge in [-0.15, -0.1) is 0 Å². The predicted molar refractivity (Wildman–Crippen MR) is 67.5 cm³/mol. The van der Waals surface area contributed by atoms with E-state index in [1.807, 2.05) is 31.2 Å². The first-order valence-corrected chi connectivity index (χ1v) is 6.26. The summed E-state index contributed by atoms with van der Waals surface area (Å²) in [6.45, 7) is 4.62. The van der Waals surface area contributed by atoms with Crippen molar-refractivity contribution in [2.45, 2.75) is 19.8 Å². The molecule has 0 aliphatic carbocycles. The van der Waals surface area contributed by atoms with E-state index < -0.39 is 0 Å². The Bertz CT molecular complexity index is 366. The number of benzene rings is 1. The first-order valence-electron chi connectivity index (χ1n) is 6.26. The lowest BCUT2D eigenvalue weighted by molar-refractivity contribution is 0.0964. The molecule has 1 atom stereocenters. The summed E-state index contributed by atoms with van der Waals surface area (Å²) in [6, 6.07) is 7.44. The fraction of sp³-hybridized carbons (Fsp3) is 0.500. The second-order valence-electron chi connectivity index (χ2n) is 4.44. The molecule has 3 heteroatoms. The van der Waals surface area contributed by atoms with Gasteiger partial charge in [-0.25, -0.2) is 0 Å². The van der Waals surface area contributed by atoms with E-state index in [4.69, 9.17) is 4.74 Å². The Morgan fingerprint density at radius 3 is 2.76 bits per heavy atom. The molecule has 1 aromatic carbocycles. The molecule has 1 aromatic rings. The highest BCUT2D eigenvalue weighted by Gasteiger charge is 2.18. The minimum Gasteiger partial charge on any atom is -0.494 e. The normalized spacial score (nSPS) is 19.2. The highest BCUT2D eigenvalue weighted by atomic mass is 16.5. The van der Waals surface area contributed by atoms with E-state index in [-0.39, 0.29) is 5.78 Å². The molecule has 92 valence electrons. The van der Waals surface area contributed by atoms with Gasteiger partial charge in [-0.05, 0) is 56.6 Å². The minimum atomic E-state index is 0.238. The molecule has 0 aromatic heterocycles. The number of ketones is 1. The van der Waals surface area contributed by atoms with Gasteiger partial charge in [-0.3, -0.25) is 4.79 Å². The van der Waals surface area contributed by atoms with Crippen LogP contribution in [0.15, 0.2) is 24.3 Å². The third-order valence-electron chi connectivity index (χ3n) is 3.12. The van der Waals surface area contributed by atoms with E-state index in [0.717, 1.165) is 30.8 Å². The quantitative estimate of drug-likeness (QED) is 0.793. The van der Waals surface area contributed by atoms with Crippen molar-refractivity contribution in [1.29, 1.82) is 0 Å². The molecule has 0 amide bonds. The van der Waals surface area contributed by atoms with Crippen molar-refractivity contribution in [1.82, 2.24) is 5.32 Å². The molecule has 2 rings (SSSR count). The first-order chi connectivity index (χ1) is 8.29. The molecule has 1 heterocycles. The van der Waals surface area contributed by atoms with Gasteiger partial charge >= 0.3 is 0 Å². The average molecular weight is 233 g/mol. The number of hydrogen-bond acceptors (Lipinski definition) is 3. The van der Waals surface area contributed by atoms with Crippen LogP contribution in [0.5, 0.6) is 5.75 Å². The number of carbonyl (C=O) groups excluding carboxylic acids is 1. The van der Waals surface area contributed by atoms with Crippen LogP contribution in [0, 0.1) is 5.92 Å². The van der Waals surface area contributed by atoms with Crippen molar-refractivity contribution < 1.29 is 9.53 Å². The Balaban J connectivity index is 1.93. The number of nitrogens with one attached hydrogen (secondary N) is 1. The van der Waals surface area contributed by atoms with Gasteiger partial charge in [0.05, 0.1) is 6.61 Å². The van der Waals surface area contributed by atoms with Gasteiger partial charge in [-0.1, -0.05) is 0 Å². The summed E-state index contributed by atoms with van der Waals surface area (Å²) in [7, 11) is 0. The SMILES string of the molecule is CCOc1ccc(C(=O)CC2CCNC2)cc1. The summed E-state index contributed by atoms with van der Waals surface area (Å²) in [4.78, 5) is 12.0. The molecule has 0 saturated carbocycles. The second kappa shape index (κ2) is 5.82. The van der Waals surface area contributed by atoms with Crippen molar-refractivity contribution in [3.05, 3.63) is 29.8 Å². The Kier molecular flexibility index (Phi) is 4.15. The number of carbonyl (C=O) groups is 1. The summed E-state index contributed by atoms with van der Waals surface area (Å²) in [5, 5.41) is 3.28. The third-order valence-corrected chi connectivity index (χ3v) is 3.12. The van der Waals surface area contributed by atoms with Crippen LogP contribution < -0.4 is 10.1 Å². The zero-order valence-electron chi connectivity index (χ0n) is 10.2. The lowest BCUT2D eigenvalue weighted by Gasteiger charge is -2.08. The van der Waals surface area contributed by atoms with Gasteiger partial charge in [0.1, 0.15) is 5.75 Å². The summed E-state index contributed by atoms with van der Waals surface area (Å²) in [6.07, 6.45) is 1.77. The van der Waals surface area contributed by atoms with E-state index in [2.05, 4.69) is 5.32 Å². The number of ether oxygens (including phenoxy) is 1. The molecule has 17 heavy (non-hydrogen) atoms. The smallest absolute Gasteiger partial charge is 0.163 e. The van der Waals surface area contributed by atoms with Gasteiger partial charge < -0.3 is 10.1 Å². The fourth-order valence-electron chi connectivity index (χ4n) is 2.17. The highest BCUT2D eigenvalue weighted by molar-refractivity contribution is 5.96. The lowest BCUT2D eigenvalue weighted by Crippen LogP contribution is -2.12. The zero-order valence-corrected chi connectivity index (χ0v) is 10.2. The average Bonchev–Trinajstić information content (AvgIpc) is 2.83. The second-order valence-corrected chi connectivity index (χ2v) is 4.44. The van der Waals surface area contributed by atoms with E-state index in [1.54, 1.807) is 0 Å². The van der Waals surface area contributed by atoms with Gasteiger partial charge in [0.25, 0.3) is 0 Å². The van der Waals surface area contributed by atoms with Gasteiger partial charge in [0.2, 0.25) is 0 Å². The van der Waals surface area contributed by atoms with Crippen molar-refractivity contribution >= 4 is 5.78 Å². The minimum absolute atomic E-state index is 0.238. The van der Waals surface area contributed by atoms with Gasteiger partial charge in [0.15, 0.2) is 5.78 Å². The molecule has 0 radical (unpaired) electrons. The van der Waals surface area contributed by atoms with Crippen LogP contribution >= 0.6 is 0 Å². The number of Topliss-reactive ketones (excluding diaryl/α,β-unsaturated/α-hetero) is 1. The zero-order chi connectivity index (χ0) is 12.1. The predicted octanol–water partition coefficient (Wildman–Crippen LogP) is 2.27. The number of hydrogen-bond donors (Lipinski definition) is 1. The van der Waals surface area contributed by atoms with Crippen LogP contribution in [0.4, 0.5) is 0 Å². The van der Waals surface area contributed by atoms with Crippen molar-refractivity contribution in [2.24, 2.45) is 5.92 Å². The molecule has 1 aliphatic heterocycles. The van der Waals surface area contributed by atoms with Crippen molar-refractivity contribution in [2.75, 3.05) is 19.7 Å². The van der Waals surface area contributed by atoms with E-state index in [1.165, 1.54) is 0 Å². The maximum atomic E-state index is 12.0. The number of rotatable bonds is 5. The van der Waals surface area contributed by atoms with Crippen LogP contribution in [0.1, 0.15) is 30.1 Å². The van der Waals surface area contributed by atoms with Crippen molar-refractivity contribution in [3.8, 4) is 5.75 Å². The lowest BCUT2D eigenvalue weighted by atomic mass is 9.98. The molecule has 1 aliphatic rings. The third kappa shape index (κ3) is 3.30. The molecular formula is C14H19NO2. The highest BCUT2D eigenvalue weighted by Crippen LogP contribution is 2.18. The van der Waals surface area contributed by atoms with Crippen LogP contribution in [0.3, 0.4) is 0 Å². The Hall–Kier alpha value is -1.35. The molecule has 1 N–H and O–H groups in total. The fourth-order valence-corrected chi connectivity index (χ4v) is 2.17. The van der Waals surface area contributed by atoms with Crippen LogP contribution in [-0.4, -0.2) is 25.5 Å². The molecule has 3 nitrogen and oxygen atoms in total. The molecular weight excluding hydrogens is 214 g/mol. The summed E-state index contributed by atoms with van der Waals surface area (Å²) >= 11 is 0. The standard InChI is InChI=1S/C14H19NO2/c1-2-17-13-5-3-12(4-6-13)14(16)9-11-7-8-15-10-11/h3-6,11,15H,2,7-10H2,1H3. The topological polar surface area (TPSA) is 38.3 Å². The van der Waals surface area contributed by atoms with E-state index in [9.17, 15) is 4.79 Å². The molecule has 1 unspecified atom stereocenters. The maximum Gasteiger partial charge on any atom is 0.163 e. The van der Waals surface area contributed by atoms with Crippen LogP contribution in [0.2, 0.25) is 0 Å². The van der Waals surface area contributed by atoms with E-state index in [0.29, 0.717) is 18.9 Å². The Morgan fingerprint density at radius 2 is 2.18 bits per heavy atom. The Morgan fingerprint density at radius 1 is 1.41 bits per heavy atom. The van der Waals surface area contributed by atoms with Gasteiger partial charge in [-0.2, -0.15) is 0 Å². The summed E-state index contributed by atoms with van der Waals surface area (Å²) < 4.78 is 5.35. The maximum absolute atomic E-state index is 12.0. The largest absolute Gasteiger partial charge is 0.494 e. The Labute approximate surface area is 102 Å². The monoisotopic (exact) mass is 233 g/mol. The van der Waals surface area contributed by atoms with Crippen molar-refractivity contribution in [3.63, 3.8) is 0 Å². The van der Waals surface area contributed by atoms with Crippen LogP contribution in [0.25, 0.3) is 0 Å². The molecule has 0 spiro atoms. The van der Waals surface area contributed by atoms with Crippen LogP contribution in [-0.2, 0) is 0 Å². The first kappa shape index (κ1) is 12.1. The molecule has 0 bridgehead atoms. The molecule has 1 saturated heterocycles. The molecule has 1 fully saturated rings. The van der Waals surface area contributed by atoms with Gasteiger partial charge in [0, 0.05) is 12.0 Å².